The Hall–Kier alpha value is -2.51. The van der Waals surface area contributed by atoms with Crippen LogP contribution in [0.5, 0.6) is 11.5 Å². The van der Waals surface area contributed by atoms with Crippen LogP contribution in [-0.4, -0.2) is 39.8 Å². The van der Waals surface area contributed by atoms with E-state index < -0.39 is 0 Å². The van der Waals surface area contributed by atoms with Crippen molar-refractivity contribution in [2.24, 2.45) is 0 Å². The molecule has 3 aromatic rings. The lowest BCUT2D eigenvalue weighted by molar-refractivity contribution is 0.0315. The van der Waals surface area contributed by atoms with Crippen LogP contribution in [-0.2, 0) is 4.74 Å². The molecule has 0 spiro atoms. The minimum atomic E-state index is -0.321. The molecule has 0 saturated carbocycles. The van der Waals surface area contributed by atoms with E-state index in [1.54, 1.807) is 11.8 Å². The molecule has 5 rings (SSSR count). The van der Waals surface area contributed by atoms with E-state index in [0.717, 1.165) is 53.4 Å². The van der Waals surface area contributed by atoms with Gasteiger partial charge in [-0.25, -0.2) is 0 Å². The summed E-state index contributed by atoms with van der Waals surface area (Å²) in [7, 11) is 0. The standard InChI is InChI=1S/C22H23N3O3S/c1-2-8-16(9-3-1)25-21(20-14-27-18-11-4-5-12-19(18)28-20)23-24-22(25)29-15-17-10-6-7-13-26-17/h1-5,8-9,11-12,17,20H,6-7,10,13-15H2. The van der Waals surface area contributed by atoms with E-state index in [-0.39, 0.29) is 12.2 Å². The third kappa shape index (κ3) is 3.97. The highest BCUT2D eigenvalue weighted by molar-refractivity contribution is 7.99. The zero-order chi connectivity index (χ0) is 19.5. The van der Waals surface area contributed by atoms with Crippen LogP contribution in [0.15, 0.2) is 59.8 Å². The molecule has 6 nitrogen and oxygen atoms in total. The van der Waals surface area contributed by atoms with E-state index in [4.69, 9.17) is 14.2 Å². The third-order valence-corrected chi connectivity index (χ3v) is 6.20. The smallest absolute Gasteiger partial charge is 0.196 e. The Morgan fingerprint density at radius 3 is 2.62 bits per heavy atom. The van der Waals surface area contributed by atoms with Gasteiger partial charge in [0.15, 0.2) is 28.6 Å². The van der Waals surface area contributed by atoms with Gasteiger partial charge in [-0.1, -0.05) is 42.1 Å². The molecular formula is C22H23N3O3S. The van der Waals surface area contributed by atoms with E-state index in [9.17, 15) is 0 Å². The van der Waals surface area contributed by atoms with Gasteiger partial charge < -0.3 is 14.2 Å². The van der Waals surface area contributed by atoms with Gasteiger partial charge in [-0.3, -0.25) is 4.57 Å². The maximum Gasteiger partial charge on any atom is 0.196 e. The minimum Gasteiger partial charge on any atom is -0.485 e. The van der Waals surface area contributed by atoms with Crippen molar-refractivity contribution in [1.29, 1.82) is 0 Å². The summed E-state index contributed by atoms with van der Waals surface area (Å²) in [6.45, 7) is 1.26. The summed E-state index contributed by atoms with van der Waals surface area (Å²) in [6, 6.07) is 17.9. The molecule has 0 bridgehead atoms. The predicted octanol–water partition coefficient (Wildman–Crippen LogP) is 4.44. The van der Waals surface area contributed by atoms with Crippen molar-refractivity contribution in [2.45, 2.75) is 36.6 Å². The molecule has 0 amide bonds. The summed E-state index contributed by atoms with van der Waals surface area (Å²) in [5, 5.41) is 9.84. The fourth-order valence-electron chi connectivity index (χ4n) is 3.66. The van der Waals surface area contributed by atoms with Crippen molar-refractivity contribution in [3.05, 3.63) is 60.4 Å². The first-order valence-electron chi connectivity index (χ1n) is 10.0. The van der Waals surface area contributed by atoms with Gasteiger partial charge in [0.1, 0.15) is 6.61 Å². The highest BCUT2D eigenvalue weighted by Crippen LogP contribution is 2.37. The Morgan fingerprint density at radius 1 is 0.966 bits per heavy atom. The fourth-order valence-corrected chi connectivity index (χ4v) is 4.68. The first kappa shape index (κ1) is 18.5. The van der Waals surface area contributed by atoms with E-state index in [1.165, 1.54) is 6.42 Å². The van der Waals surface area contributed by atoms with E-state index in [0.29, 0.717) is 6.61 Å². The molecule has 1 aromatic heterocycles. The molecule has 0 radical (unpaired) electrons. The average Bonchev–Trinajstić information content (AvgIpc) is 3.22. The molecule has 150 valence electrons. The summed E-state index contributed by atoms with van der Waals surface area (Å²) in [5.74, 6) is 3.11. The number of ether oxygens (including phenoxy) is 3. The lowest BCUT2D eigenvalue weighted by Crippen LogP contribution is -2.25. The van der Waals surface area contributed by atoms with Crippen molar-refractivity contribution >= 4 is 11.8 Å². The van der Waals surface area contributed by atoms with Crippen LogP contribution < -0.4 is 9.47 Å². The second-order valence-electron chi connectivity index (χ2n) is 7.18. The second kappa shape index (κ2) is 8.47. The van der Waals surface area contributed by atoms with Gasteiger partial charge in [-0.05, 0) is 43.5 Å². The lowest BCUT2D eigenvalue weighted by Gasteiger charge is -2.26. The number of hydrogen-bond donors (Lipinski definition) is 0. The second-order valence-corrected chi connectivity index (χ2v) is 8.16. The molecule has 3 heterocycles. The molecular weight excluding hydrogens is 386 g/mol. The monoisotopic (exact) mass is 409 g/mol. The number of benzene rings is 2. The normalized spacial score (nSPS) is 21.1. The molecule has 29 heavy (non-hydrogen) atoms. The number of fused-ring (bicyclic) bond motifs is 1. The topological polar surface area (TPSA) is 58.4 Å². The van der Waals surface area contributed by atoms with Crippen LogP contribution in [0.1, 0.15) is 31.2 Å². The fraction of sp³-hybridized carbons (Fsp3) is 0.364. The number of thioether (sulfide) groups is 1. The Labute approximate surface area is 174 Å². The number of aromatic nitrogens is 3. The first-order chi connectivity index (χ1) is 14.4. The Morgan fingerprint density at radius 2 is 1.79 bits per heavy atom. The molecule has 7 heteroatoms. The van der Waals surface area contributed by atoms with Crippen LogP contribution in [0.3, 0.4) is 0 Å². The molecule has 2 aromatic carbocycles. The summed E-state index contributed by atoms with van der Waals surface area (Å²) >= 11 is 1.69. The molecule has 2 aliphatic heterocycles. The van der Waals surface area contributed by atoms with Gasteiger partial charge in [0.25, 0.3) is 0 Å². The maximum atomic E-state index is 6.21. The van der Waals surface area contributed by atoms with Crippen molar-refractivity contribution in [2.75, 3.05) is 19.0 Å². The summed E-state index contributed by atoms with van der Waals surface area (Å²) in [6.07, 6.45) is 3.45. The SMILES string of the molecule is c1ccc(-n2c(SCC3CCCCO3)nnc2C2COc3ccccc3O2)cc1. The van der Waals surface area contributed by atoms with E-state index >= 15 is 0 Å². The quantitative estimate of drug-likeness (QED) is 0.581. The zero-order valence-corrected chi connectivity index (χ0v) is 16.9. The van der Waals surface area contributed by atoms with Crippen molar-refractivity contribution in [3.63, 3.8) is 0 Å². The summed E-state index contributed by atoms with van der Waals surface area (Å²) in [4.78, 5) is 0. The van der Waals surface area contributed by atoms with Crippen LogP contribution in [0.25, 0.3) is 5.69 Å². The molecule has 2 aliphatic rings. The molecule has 1 saturated heterocycles. The van der Waals surface area contributed by atoms with Crippen molar-refractivity contribution < 1.29 is 14.2 Å². The van der Waals surface area contributed by atoms with Crippen LogP contribution in [0.4, 0.5) is 0 Å². The van der Waals surface area contributed by atoms with Gasteiger partial charge in [-0.2, -0.15) is 0 Å². The minimum absolute atomic E-state index is 0.277. The van der Waals surface area contributed by atoms with Crippen LogP contribution >= 0.6 is 11.8 Å². The third-order valence-electron chi connectivity index (χ3n) is 5.14. The van der Waals surface area contributed by atoms with Crippen molar-refractivity contribution in [3.8, 4) is 17.2 Å². The maximum absolute atomic E-state index is 6.21. The van der Waals surface area contributed by atoms with Crippen molar-refractivity contribution in [1.82, 2.24) is 14.8 Å². The van der Waals surface area contributed by atoms with Crippen LogP contribution in [0, 0.1) is 0 Å². The number of rotatable bonds is 5. The van der Waals surface area contributed by atoms with Gasteiger partial charge >= 0.3 is 0 Å². The van der Waals surface area contributed by atoms with E-state index in [2.05, 4.69) is 26.9 Å². The molecule has 0 N–H and O–H groups in total. The Balaban J connectivity index is 1.43. The summed E-state index contributed by atoms with van der Waals surface area (Å²) in [5.41, 5.74) is 1.02. The number of hydrogen-bond acceptors (Lipinski definition) is 6. The first-order valence-corrected chi connectivity index (χ1v) is 11.0. The highest BCUT2D eigenvalue weighted by atomic mass is 32.2. The van der Waals surface area contributed by atoms with Gasteiger partial charge in [0, 0.05) is 18.0 Å². The van der Waals surface area contributed by atoms with Gasteiger partial charge in [-0.15, -0.1) is 10.2 Å². The summed E-state index contributed by atoms with van der Waals surface area (Å²) < 4.78 is 20.1. The lowest BCUT2D eigenvalue weighted by atomic mass is 10.1. The predicted molar refractivity (Wildman–Crippen MR) is 111 cm³/mol. The number of nitrogens with zero attached hydrogens (tertiary/aromatic N) is 3. The van der Waals surface area contributed by atoms with Gasteiger partial charge in [0.05, 0.1) is 6.10 Å². The zero-order valence-electron chi connectivity index (χ0n) is 16.1. The largest absolute Gasteiger partial charge is 0.485 e. The molecule has 0 aliphatic carbocycles. The average molecular weight is 410 g/mol. The number of para-hydroxylation sites is 3. The molecule has 2 atom stereocenters. The van der Waals surface area contributed by atoms with Crippen LogP contribution in [0.2, 0.25) is 0 Å². The highest BCUT2D eigenvalue weighted by Gasteiger charge is 2.29. The molecule has 2 unspecified atom stereocenters. The Bertz CT molecular complexity index is 957. The Kier molecular flexibility index (Phi) is 5.41. The van der Waals surface area contributed by atoms with E-state index in [1.807, 2.05) is 42.5 Å². The molecule has 1 fully saturated rings. The van der Waals surface area contributed by atoms with Gasteiger partial charge in [0.2, 0.25) is 0 Å².